The maximum absolute atomic E-state index is 12.0. The highest BCUT2D eigenvalue weighted by Crippen LogP contribution is 2.17. The van der Waals surface area contributed by atoms with Crippen molar-refractivity contribution in [1.29, 1.82) is 0 Å². The molecular weight excluding hydrogens is 368 g/mol. The first-order valence-electron chi connectivity index (χ1n) is 9.04. The highest BCUT2D eigenvalue weighted by molar-refractivity contribution is 5.92. The fourth-order valence-corrected chi connectivity index (χ4v) is 1.98. The first kappa shape index (κ1) is 23.2. The smallest absolute Gasteiger partial charge is 0.407 e. The van der Waals surface area contributed by atoms with E-state index in [1.807, 2.05) is 0 Å². The molecule has 156 valence electrons. The summed E-state index contributed by atoms with van der Waals surface area (Å²) in [7, 11) is 0. The zero-order valence-corrected chi connectivity index (χ0v) is 17.2. The standard InChI is InChI=1S/C19H28N2O7/c1-7-25-16(22)14-9-13(10-15(21-14)17(23)26-8-2)27-11-12(3)20-18(24)28-19(4,5)6/h9-10,12H,7-8,11H2,1-6H3,(H,20,24). The average molecular weight is 396 g/mol. The van der Waals surface area contributed by atoms with Crippen LogP contribution in [0, 0.1) is 0 Å². The largest absolute Gasteiger partial charge is 0.491 e. The van der Waals surface area contributed by atoms with Gasteiger partial charge in [0.15, 0.2) is 11.4 Å². The van der Waals surface area contributed by atoms with Gasteiger partial charge >= 0.3 is 18.0 Å². The van der Waals surface area contributed by atoms with Crippen molar-refractivity contribution >= 4 is 18.0 Å². The zero-order valence-electron chi connectivity index (χ0n) is 17.2. The third-order valence-corrected chi connectivity index (χ3v) is 3.03. The van der Waals surface area contributed by atoms with Crippen molar-refractivity contribution in [3.8, 4) is 5.75 Å². The molecule has 0 spiro atoms. The van der Waals surface area contributed by atoms with Gasteiger partial charge in [0.05, 0.1) is 19.3 Å². The Morgan fingerprint density at radius 3 is 1.96 bits per heavy atom. The van der Waals surface area contributed by atoms with E-state index in [0.717, 1.165) is 0 Å². The lowest BCUT2D eigenvalue weighted by atomic mass is 10.2. The predicted octanol–water partition coefficient (Wildman–Crippen LogP) is 2.73. The minimum Gasteiger partial charge on any atom is -0.491 e. The molecule has 1 aromatic rings. The van der Waals surface area contributed by atoms with Crippen LogP contribution < -0.4 is 10.1 Å². The second-order valence-electron chi connectivity index (χ2n) is 6.87. The summed E-state index contributed by atoms with van der Waals surface area (Å²) in [5.41, 5.74) is -0.760. The number of pyridine rings is 1. The van der Waals surface area contributed by atoms with Crippen LogP contribution in [0.3, 0.4) is 0 Å². The Morgan fingerprint density at radius 1 is 1.04 bits per heavy atom. The Labute approximate surface area is 164 Å². The molecule has 9 heteroatoms. The first-order chi connectivity index (χ1) is 13.1. The van der Waals surface area contributed by atoms with Crippen LogP contribution in [0.2, 0.25) is 0 Å². The molecule has 1 rings (SSSR count). The summed E-state index contributed by atoms with van der Waals surface area (Å²) in [6.45, 7) is 10.7. The van der Waals surface area contributed by atoms with E-state index in [1.165, 1.54) is 12.1 Å². The number of nitrogens with one attached hydrogen (secondary N) is 1. The second-order valence-corrected chi connectivity index (χ2v) is 6.87. The Bertz CT molecular complexity index is 662. The monoisotopic (exact) mass is 396 g/mol. The number of nitrogens with zero attached hydrogens (tertiary/aromatic N) is 1. The van der Waals surface area contributed by atoms with Crippen LogP contribution in [0.1, 0.15) is 62.5 Å². The molecule has 1 atom stereocenters. The van der Waals surface area contributed by atoms with Gasteiger partial charge in [0.2, 0.25) is 0 Å². The molecule has 1 amide bonds. The number of amides is 1. The molecule has 0 aliphatic heterocycles. The number of ether oxygens (including phenoxy) is 4. The summed E-state index contributed by atoms with van der Waals surface area (Å²) in [5.74, 6) is -1.14. The van der Waals surface area contributed by atoms with E-state index in [4.69, 9.17) is 18.9 Å². The van der Waals surface area contributed by atoms with Gasteiger partial charge in [0.25, 0.3) is 0 Å². The molecule has 0 saturated carbocycles. The Morgan fingerprint density at radius 2 is 1.54 bits per heavy atom. The third kappa shape index (κ3) is 8.24. The first-order valence-corrected chi connectivity index (χ1v) is 9.04. The lowest BCUT2D eigenvalue weighted by Gasteiger charge is -2.22. The van der Waals surface area contributed by atoms with Crippen LogP contribution in [-0.2, 0) is 14.2 Å². The predicted molar refractivity (Wildman–Crippen MR) is 100 cm³/mol. The third-order valence-electron chi connectivity index (χ3n) is 3.03. The number of alkyl carbamates (subject to hydrolysis) is 1. The molecule has 9 nitrogen and oxygen atoms in total. The van der Waals surface area contributed by atoms with Crippen molar-refractivity contribution < 1.29 is 33.3 Å². The van der Waals surface area contributed by atoms with E-state index in [-0.39, 0.29) is 43.0 Å². The van der Waals surface area contributed by atoms with Gasteiger partial charge < -0.3 is 24.3 Å². The molecule has 0 bridgehead atoms. The van der Waals surface area contributed by atoms with Crippen molar-refractivity contribution in [2.24, 2.45) is 0 Å². The van der Waals surface area contributed by atoms with Gasteiger partial charge in [-0.05, 0) is 41.5 Å². The maximum Gasteiger partial charge on any atom is 0.407 e. The van der Waals surface area contributed by atoms with Crippen molar-refractivity contribution in [3.63, 3.8) is 0 Å². The minimum atomic E-state index is -0.682. The molecule has 1 heterocycles. The van der Waals surface area contributed by atoms with E-state index >= 15 is 0 Å². The lowest BCUT2D eigenvalue weighted by Crippen LogP contribution is -2.40. The highest BCUT2D eigenvalue weighted by atomic mass is 16.6. The van der Waals surface area contributed by atoms with Crippen molar-refractivity contribution in [2.45, 2.75) is 53.2 Å². The molecule has 0 aromatic carbocycles. The van der Waals surface area contributed by atoms with Gasteiger partial charge in [-0.3, -0.25) is 0 Å². The Kier molecular flexibility index (Phi) is 8.69. The number of aromatic nitrogens is 1. The number of esters is 2. The molecule has 1 N–H and O–H groups in total. The lowest BCUT2D eigenvalue weighted by molar-refractivity contribution is 0.0489. The normalized spacial score (nSPS) is 11.9. The van der Waals surface area contributed by atoms with Crippen molar-refractivity contribution in [2.75, 3.05) is 19.8 Å². The van der Waals surface area contributed by atoms with Crippen molar-refractivity contribution in [3.05, 3.63) is 23.5 Å². The topological polar surface area (TPSA) is 113 Å². The minimum absolute atomic E-state index is 0.0739. The molecule has 28 heavy (non-hydrogen) atoms. The van der Waals surface area contributed by atoms with E-state index < -0.39 is 23.6 Å². The van der Waals surface area contributed by atoms with Crippen LogP contribution in [0.5, 0.6) is 5.75 Å². The number of rotatable bonds is 8. The molecule has 0 fully saturated rings. The van der Waals surface area contributed by atoms with Crippen LogP contribution in [0.4, 0.5) is 4.79 Å². The summed E-state index contributed by atoms with van der Waals surface area (Å²) in [4.78, 5) is 39.7. The van der Waals surface area contributed by atoms with Gasteiger partial charge in [-0.1, -0.05) is 0 Å². The Hall–Kier alpha value is -2.84. The molecule has 0 saturated heterocycles. The molecule has 1 aromatic heterocycles. The molecule has 0 radical (unpaired) electrons. The number of carbonyl (C=O) groups is 3. The second kappa shape index (κ2) is 10.5. The average Bonchev–Trinajstić information content (AvgIpc) is 2.58. The van der Waals surface area contributed by atoms with Gasteiger partial charge in [0.1, 0.15) is 18.0 Å². The molecule has 1 unspecified atom stereocenters. The summed E-state index contributed by atoms with van der Waals surface area (Å²) < 4.78 is 20.6. The maximum atomic E-state index is 12.0. The number of hydrogen-bond acceptors (Lipinski definition) is 8. The van der Waals surface area contributed by atoms with Gasteiger partial charge in [-0.25, -0.2) is 19.4 Å². The van der Waals surface area contributed by atoms with E-state index in [1.54, 1.807) is 41.5 Å². The van der Waals surface area contributed by atoms with E-state index in [9.17, 15) is 14.4 Å². The van der Waals surface area contributed by atoms with Gasteiger partial charge in [-0.2, -0.15) is 0 Å². The van der Waals surface area contributed by atoms with Gasteiger partial charge in [-0.15, -0.1) is 0 Å². The summed E-state index contributed by atoms with van der Waals surface area (Å²) in [6, 6.07) is 2.34. The summed E-state index contributed by atoms with van der Waals surface area (Å²) in [5, 5.41) is 2.64. The molecular formula is C19H28N2O7. The molecule has 0 aliphatic rings. The van der Waals surface area contributed by atoms with Crippen LogP contribution in [0.15, 0.2) is 12.1 Å². The summed E-state index contributed by atoms with van der Waals surface area (Å²) in [6.07, 6.45) is -0.572. The fraction of sp³-hybridized carbons (Fsp3) is 0.579. The fourth-order valence-electron chi connectivity index (χ4n) is 1.98. The van der Waals surface area contributed by atoms with E-state index in [0.29, 0.717) is 0 Å². The van der Waals surface area contributed by atoms with Crippen LogP contribution in [0.25, 0.3) is 0 Å². The number of carbonyl (C=O) groups excluding carboxylic acids is 3. The SMILES string of the molecule is CCOC(=O)c1cc(OCC(C)NC(=O)OC(C)(C)C)cc(C(=O)OCC)n1. The zero-order chi connectivity index (χ0) is 21.3. The molecule has 0 aliphatic carbocycles. The highest BCUT2D eigenvalue weighted by Gasteiger charge is 2.20. The van der Waals surface area contributed by atoms with Crippen molar-refractivity contribution in [1.82, 2.24) is 10.3 Å². The van der Waals surface area contributed by atoms with Gasteiger partial charge in [0, 0.05) is 12.1 Å². The van der Waals surface area contributed by atoms with Crippen LogP contribution >= 0.6 is 0 Å². The van der Waals surface area contributed by atoms with Crippen LogP contribution in [-0.4, -0.2) is 54.5 Å². The Balaban J connectivity index is 2.86. The number of hydrogen-bond donors (Lipinski definition) is 1. The quantitative estimate of drug-likeness (QED) is 0.527. The summed E-state index contributed by atoms with van der Waals surface area (Å²) >= 11 is 0. The van der Waals surface area contributed by atoms with E-state index in [2.05, 4.69) is 10.3 Å².